The van der Waals surface area contributed by atoms with Crippen molar-refractivity contribution in [3.05, 3.63) is 251 Å². The van der Waals surface area contributed by atoms with E-state index in [1.165, 1.54) is 36.4 Å². The Hall–Kier alpha value is -9.42. The van der Waals surface area contributed by atoms with Gasteiger partial charge in [0.1, 0.15) is 22.7 Å². The van der Waals surface area contributed by atoms with Gasteiger partial charge in [0.05, 0.1) is 16.8 Å². The summed E-state index contributed by atoms with van der Waals surface area (Å²) in [4.78, 5) is 3.84. The first-order chi connectivity index (χ1) is 38.5. The van der Waals surface area contributed by atoms with Gasteiger partial charge >= 0.3 is 12.7 Å². The molecule has 2 aliphatic carbocycles. The molecule has 2 aromatic heterocycles. The maximum Gasteiger partial charge on any atom is 0.573 e. The molecule has 0 amide bonds. The van der Waals surface area contributed by atoms with Crippen LogP contribution in [0.2, 0.25) is 0 Å². The van der Waals surface area contributed by atoms with Gasteiger partial charge in [-0.05, 0) is 130 Å². The van der Waals surface area contributed by atoms with E-state index in [4.69, 9.17) is 8.83 Å². The Bertz CT molecular complexity index is 4230. The zero-order valence-corrected chi connectivity index (χ0v) is 43.4. The molecule has 10 aromatic carbocycles. The topological polar surface area (TPSA) is 51.2 Å². The van der Waals surface area contributed by atoms with E-state index in [1.54, 1.807) is 12.1 Å². The predicted molar refractivity (Wildman–Crippen MR) is 303 cm³/mol. The quantitative estimate of drug-likeness (QED) is 0.141. The fourth-order valence-corrected chi connectivity index (χ4v) is 12.9. The molecule has 0 unspecified atom stereocenters. The molecule has 0 saturated heterocycles. The lowest BCUT2D eigenvalue weighted by Gasteiger charge is -2.47. The average molecular weight is 1070 g/mol. The summed E-state index contributed by atoms with van der Waals surface area (Å²) in [5, 5.41) is 3.46. The lowest BCUT2D eigenvalue weighted by molar-refractivity contribution is -0.275. The number of anilines is 6. The zero-order chi connectivity index (χ0) is 55.0. The number of hydrogen-bond donors (Lipinski definition) is 0. The minimum Gasteiger partial charge on any atom is -0.454 e. The van der Waals surface area contributed by atoms with Crippen molar-refractivity contribution in [2.75, 3.05) is 9.80 Å². The summed E-state index contributed by atoms with van der Waals surface area (Å²) in [6.07, 6.45) is -9.90. The standard InChI is InChI=1S/C68H46F6N2O4/c1-39-15-9-21-49-51-23-13-29-59(63(51)77-61(39)49)75(41-17-11-19-45(35-41)79-67(69,70)71)43-31-33-47-48-34-32-44(38-58(48)66(57(47)37-43)55-27-7-5-25-53(55)65(3,4)54-26-6-8-28-56(54)66)76(42-18-12-20-46(36-42)80-68(72,73)74)60-30-14-24-52-50-22-10-16-40(2)62(50)78-64(52)60/h5-38H,1-4H3. The number of halogens is 6. The molecule has 1 spiro atoms. The number of alkyl halides is 6. The molecule has 0 aliphatic heterocycles. The van der Waals surface area contributed by atoms with E-state index < -0.39 is 35.1 Å². The number of rotatable bonds is 8. The maximum atomic E-state index is 14.0. The predicted octanol–water partition coefficient (Wildman–Crippen LogP) is 19.8. The molecule has 0 saturated carbocycles. The second-order valence-electron chi connectivity index (χ2n) is 21.1. The highest BCUT2D eigenvalue weighted by Crippen LogP contribution is 2.64. The number of para-hydroxylation sites is 4. The summed E-state index contributed by atoms with van der Waals surface area (Å²) in [6, 6.07) is 64.6. The molecule has 80 heavy (non-hydrogen) atoms. The van der Waals surface area contributed by atoms with Gasteiger partial charge in [-0.15, -0.1) is 26.3 Å². The molecule has 0 radical (unpaired) electrons. The molecule has 14 rings (SSSR count). The zero-order valence-electron chi connectivity index (χ0n) is 43.4. The second-order valence-corrected chi connectivity index (χ2v) is 21.1. The summed E-state index contributed by atoms with van der Waals surface area (Å²) < 4.78 is 107. The fourth-order valence-electron chi connectivity index (χ4n) is 12.9. The number of benzene rings is 10. The second kappa shape index (κ2) is 17.5. The van der Waals surface area contributed by atoms with E-state index >= 15 is 0 Å². The van der Waals surface area contributed by atoms with Crippen LogP contribution in [0.15, 0.2) is 215 Å². The summed E-state index contributed by atoms with van der Waals surface area (Å²) in [7, 11) is 0. The van der Waals surface area contributed by atoms with E-state index in [-0.39, 0.29) is 0 Å². The third-order valence-electron chi connectivity index (χ3n) is 16.1. The Morgan fingerprint density at radius 1 is 0.362 bits per heavy atom. The number of hydrogen-bond acceptors (Lipinski definition) is 6. The largest absolute Gasteiger partial charge is 0.573 e. The first-order valence-electron chi connectivity index (χ1n) is 26.1. The maximum absolute atomic E-state index is 14.0. The number of aryl methyl sites for hydroxylation is 2. The first-order valence-corrected chi connectivity index (χ1v) is 26.1. The minimum absolute atomic E-state index is 0.385. The Morgan fingerprint density at radius 3 is 1.14 bits per heavy atom. The van der Waals surface area contributed by atoms with Gasteiger partial charge < -0.3 is 28.1 Å². The molecule has 0 fully saturated rings. The van der Waals surface area contributed by atoms with E-state index in [2.05, 4.69) is 71.9 Å². The van der Waals surface area contributed by atoms with E-state index in [9.17, 15) is 26.3 Å². The van der Waals surface area contributed by atoms with Crippen molar-refractivity contribution in [3.63, 3.8) is 0 Å². The van der Waals surface area contributed by atoms with Crippen molar-refractivity contribution in [3.8, 4) is 22.6 Å². The Balaban J connectivity index is 1.06. The van der Waals surface area contributed by atoms with Crippen LogP contribution in [-0.2, 0) is 10.8 Å². The van der Waals surface area contributed by atoms with Crippen molar-refractivity contribution in [2.45, 2.75) is 51.2 Å². The van der Waals surface area contributed by atoms with Crippen molar-refractivity contribution >= 4 is 78.0 Å². The number of furan rings is 2. The lowest BCUT2D eigenvalue weighted by atomic mass is 9.55. The fraction of sp³-hybridized carbons (Fsp3) is 0.118. The van der Waals surface area contributed by atoms with Crippen LogP contribution in [0.4, 0.5) is 60.5 Å². The van der Waals surface area contributed by atoms with Crippen molar-refractivity contribution in [2.24, 2.45) is 0 Å². The van der Waals surface area contributed by atoms with Gasteiger partial charge in [0.25, 0.3) is 0 Å². The summed E-state index contributed by atoms with van der Waals surface area (Å²) >= 11 is 0. The van der Waals surface area contributed by atoms with Crippen LogP contribution in [0.3, 0.4) is 0 Å². The molecule has 0 N–H and O–H groups in total. The van der Waals surface area contributed by atoms with Crippen LogP contribution < -0.4 is 19.3 Å². The molecular weight excluding hydrogens is 1020 g/mol. The number of nitrogens with zero attached hydrogens (tertiary/aromatic N) is 2. The Morgan fingerprint density at radius 2 is 0.725 bits per heavy atom. The van der Waals surface area contributed by atoms with Gasteiger partial charge in [0, 0.05) is 61.8 Å². The number of fused-ring (bicyclic) bond motifs is 15. The molecule has 12 heteroatoms. The number of ether oxygens (including phenoxy) is 2. The van der Waals surface area contributed by atoms with Gasteiger partial charge in [-0.3, -0.25) is 0 Å². The molecule has 12 aromatic rings. The van der Waals surface area contributed by atoms with E-state index in [1.807, 2.05) is 133 Å². The normalized spacial score (nSPS) is 14.1. The Kier molecular flexibility index (Phi) is 10.7. The third-order valence-corrected chi connectivity index (χ3v) is 16.1. The minimum atomic E-state index is -4.95. The van der Waals surface area contributed by atoms with E-state index in [0.717, 1.165) is 77.2 Å². The molecule has 6 nitrogen and oxygen atoms in total. The highest BCUT2D eigenvalue weighted by atomic mass is 19.4. The monoisotopic (exact) mass is 1070 g/mol. The van der Waals surface area contributed by atoms with Crippen molar-refractivity contribution in [1.29, 1.82) is 0 Å². The highest BCUT2D eigenvalue weighted by molar-refractivity contribution is 6.12. The lowest BCUT2D eigenvalue weighted by Crippen LogP contribution is -2.40. The van der Waals surface area contributed by atoms with Gasteiger partial charge in [-0.25, -0.2) is 0 Å². The van der Waals surface area contributed by atoms with E-state index in [0.29, 0.717) is 56.5 Å². The van der Waals surface area contributed by atoms with Crippen LogP contribution in [0.1, 0.15) is 58.4 Å². The molecule has 2 aliphatic rings. The van der Waals surface area contributed by atoms with Crippen LogP contribution in [0.5, 0.6) is 11.5 Å². The van der Waals surface area contributed by atoms with Gasteiger partial charge in [0.2, 0.25) is 0 Å². The average Bonchev–Trinajstić information content (AvgIpc) is 4.30. The summed E-state index contributed by atoms with van der Waals surface area (Å²) in [5.41, 5.74) is 13.8. The van der Waals surface area contributed by atoms with Crippen LogP contribution in [-0.4, -0.2) is 12.7 Å². The van der Waals surface area contributed by atoms with Crippen LogP contribution in [0, 0.1) is 13.8 Å². The summed E-state index contributed by atoms with van der Waals surface area (Å²) in [5.74, 6) is -0.785. The Labute approximate surface area is 455 Å². The van der Waals surface area contributed by atoms with Crippen LogP contribution in [0.25, 0.3) is 55.0 Å². The third kappa shape index (κ3) is 7.48. The molecule has 0 atom stereocenters. The first kappa shape index (κ1) is 48.9. The molecule has 2 heterocycles. The molecule has 0 bridgehead atoms. The SMILES string of the molecule is Cc1cccc2c1oc1c(N(c3cccc(OC(F)(F)F)c3)c3ccc4c(c3)C3(c5cc(N(c6cccc(OC(F)(F)F)c6)c6cccc7c6oc6c(C)cccc67)ccc5-4)c4ccccc4C(C)(C)c4ccccc43)cccc12. The highest BCUT2D eigenvalue weighted by Gasteiger charge is 2.54. The summed E-state index contributed by atoms with van der Waals surface area (Å²) in [6.45, 7) is 8.40. The molecule has 394 valence electrons. The smallest absolute Gasteiger partial charge is 0.454 e. The van der Waals surface area contributed by atoms with Gasteiger partial charge in [0.15, 0.2) is 11.2 Å². The van der Waals surface area contributed by atoms with Crippen molar-refractivity contribution in [1.82, 2.24) is 0 Å². The molecular formula is C68H46F6N2O4. The van der Waals surface area contributed by atoms with Gasteiger partial charge in [-0.1, -0.05) is 147 Å². The van der Waals surface area contributed by atoms with Crippen LogP contribution >= 0.6 is 0 Å². The van der Waals surface area contributed by atoms with Gasteiger partial charge in [-0.2, -0.15) is 0 Å². The van der Waals surface area contributed by atoms with Crippen molar-refractivity contribution < 1.29 is 44.7 Å².